The Balaban J connectivity index is 1.66. The number of alkyl halides is 3. The van der Waals surface area contributed by atoms with Gasteiger partial charge >= 0.3 is 6.18 Å². The van der Waals surface area contributed by atoms with Gasteiger partial charge in [0, 0.05) is 22.4 Å². The molecule has 8 heteroatoms. The predicted molar refractivity (Wildman–Crippen MR) is 106 cm³/mol. The number of halogens is 4. The first kappa shape index (κ1) is 20.6. The summed E-state index contributed by atoms with van der Waals surface area (Å²) in [5, 5.41) is 5.40. The Morgan fingerprint density at radius 3 is 2.45 bits per heavy atom. The third-order valence-corrected chi connectivity index (χ3v) is 5.02. The highest BCUT2D eigenvalue weighted by Crippen LogP contribution is 2.35. The van der Waals surface area contributed by atoms with Crippen molar-refractivity contribution in [2.75, 3.05) is 5.32 Å². The number of nitrogens with one attached hydrogen (secondary N) is 2. The number of anilines is 1. The monoisotopic (exact) mass is 428 g/mol. The molecule has 1 heterocycles. The van der Waals surface area contributed by atoms with Crippen LogP contribution in [0.5, 0.6) is 0 Å². The molecule has 3 aromatic rings. The first-order chi connectivity index (χ1) is 14.7. The highest BCUT2D eigenvalue weighted by molar-refractivity contribution is 6.07. The minimum atomic E-state index is -4.79. The first-order valence-electron chi connectivity index (χ1n) is 9.39. The lowest BCUT2D eigenvalue weighted by molar-refractivity contribution is -0.137. The molecule has 0 saturated heterocycles. The first-order valence-corrected chi connectivity index (χ1v) is 9.39. The summed E-state index contributed by atoms with van der Waals surface area (Å²) in [6, 6.07) is 15.3. The van der Waals surface area contributed by atoms with Crippen molar-refractivity contribution in [3.05, 3.63) is 100 Å². The molecule has 3 aromatic carbocycles. The van der Waals surface area contributed by atoms with Crippen LogP contribution in [0.15, 0.2) is 66.7 Å². The van der Waals surface area contributed by atoms with Gasteiger partial charge in [0.1, 0.15) is 5.82 Å². The van der Waals surface area contributed by atoms with Crippen LogP contribution in [-0.4, -0.2) is 11.8 Å². The molecule has 0 radical (unpaired) electrons. The van der Waals surface area contributed by atoms with E-state index in [-0.39, 0.29) is 11.6 Å². The summed E-state index contributed by atoms with van der Waals surface area (Å²) < 4.78 is 52.6. The second kappa shape index (κ2) is 7.86. The quantitative estimate of drug-likeness (QED) is 0.567. The summed E-state index contributed by atoms with van der Waals surface area (Å²) in [7, 11) is 0. The summed E-state index contributed by atoms with van der Waals surface area (Å²) in [5.41, 5.74) is 0.420. The van der Waals surface area contributed by atoms with E-state index >= 15 is 0 Å². The zero-order valence-corrected chi connectivity index (χ0v) is 16.0. The van der Waals surface area contributed by atoms with Crippen LogP contribution in [0.2, 0.25) is 0 Å². The Kier molecular flexibility index (Phi) is 5.22. The van der Waals surface area contributed by atoms with Gasteiger partial charge < -0.3 is 10.6 Å². The SMILES string of the molecule is O=C(Nc1cccc2c1C(Cc1ccccc1)NC2=O)c1cc(F)cc(C(F)(F)F)c1. The molecule has 31 heavy (non-hydrogen) atoms. The van der Waals surface area contributed by atoms with Crippen LogP contribution in [0.25, 0.3) is 0 Å². The highest BCUT2D eigenvalue weighted by Gasteiger charge is 2.33. The van der Waals surface area contributed by atoms with Crippen LogP contribution in [-0.2, 0) is 12.6 Å². The van der Waals surface area contributed by atoms with E-state index in [2.05, 4.69) is 10.6 Å². The molecule has 4 rings (SSSR count). The van der Waals surface area contributed by atoms with E-state index in [0.29, 0.717) is 29.7 Å². The van der Waals surface area contributed by atoms with Gasteiger partial charge in [-0.3, -0.25) is 9.59 Å². The normalized spacial score (nSPS) is 15.4. The van der Waals surface area contributed by atoms with Gasteiger partial charge in [-0.15, -0.1) is 0 Å². The molecular formula is C23H16F4N2O2. The lowest BCUT2D eigenvalue weighted by Crippen LogP contribution is -2.21. The standard InChI is InChI=1S/C23H16F4N2O2/c24-16-11-14(10-15(12-16)23(25,26)27)21(30)28-18-8-4-7-17-20(18)19(29-22(17)31)9-13-5-2-1-3-6-13/h1-8,10-12,19H,9H2,(H,28,30)(H,29,31). The van der Waals surface area contributed by atoms with Crippen molar-refractivity contribution in [2.45, 2.75) is 18.6 Å². The van der Waals surface area contributed by atoms with Crippen LogP contribution >= 0.6 is 0 Å². The van der Waals surface area contributed by atoms with E-state index in [0.717, 1.165) is 11.6 Å². The number of hydrogen-bond acceptors (Lipinski definition) is 2. The van der Waals surface area contributed by atoms with Crippen molar-refractivity contribution in [1.82, 2.24) is 5.32 Å². The summed E-state index contributed by atoms with van der Waals surface area (Å²) >= 11 is 0. The summed E-state index contributed by atoms with van der Waals surface area (Å²) in [6.45, 7) is 0. The molecule has 2 amide bonds. The van der Waals surface area contributed by atoms with E-state index < -0.39 is 35.1 Å². The second-order valence-corrected chi connectivity index (χ2v) is 7.16. The lowest BCUT2D eigenvalue weighted by atomic mass is 9.96. The molecule has 158 valence electrons. The molecule has 2 N–H and O–H groups in total. The number of fused-ring (bicyclic) bond motifs is 1. The highest BCUT2D eigenvalue weighted by atomic mass is 19.4. The number of benzene rings is 3. The summed E-state index contributed by atoms with van der Waals surface area (Å²) in [6.07, 6.45) is -4.33. The average molecular weight is 428 g/mol. The molecule has 1 aliphatic heterocycles. The van der Waals surface area contributed by atoms with Crippen molar-refractivity contribution < 1.29 is 27.2 Å². The maximum Gasteiger partial charge on any atom is 0.416 e. The Morgan fingerprint density at radius 2 is 1.74 bits per heavy atom. The molecule has 1 aliphatic rings. The fourth-order valence-electron chi connectivity index (χ4n) is 3.64. The van der Waals surface area contributed by atoms with Gasteiger partial charge in [0.15, 0.2) is 0 Å². The van der Waals surface area contributed by atoms with Crippen LogP contribution in [0, 0.1) is 5.82 Å². The molecule has 4 nitrogen and oxygen atoms in total. The summed E-state index contributed by atoms with van der Waals surface area (Å²) in [5.74, 6) is -2.38. The van der Waals surface area contributed by atoms with Crippen LogP contribution in [0.4, 0.5) is 23.2 Å². The van der Waals surface area contributed by atoms with E-state index in [9.17, 15) is 27.2 Å². The Morgan fingerprint density at radius 1 is 1.00 bits per heavy atom. The van der Waals surface area contributed by atoms with Crippen LogP contribution in [0.1, 0.15) is 43.4 Å². The van der Waals surface area contributed by atoms with Crippen molar-refractivity contribution in [2.24, 2.45) is 0 Å². The average Bonchev–Trinajstić information content (AvgIpc) is 3.04. The Hall–Kier alpha value is -3.68. The fraction of sp³-hybridized carbons (Fsp3) is 0.130. The fourth-order valence-corrected chi connectivity index (χ4v) is 3.64. The van der Waals surface area contributed by atoms with Crippen molar-refractivity contribution in [3.63, 3.8) is 0 Å². The maximum absolute atomic E-state index is 13.7. The maximum atomic E-state index is 13.7. The van der Waals surface area contributed by atoms with E-state index in [1.54, 1.807) is 18.2 Å². The molecule has 1 unspecified atom stereocenters. The molecule has 0 aromatic heterocycles. The predicted octanol–water partition coefficient (Wildman–Crippen LogP) is 5.12. The van der Waals surface area contributed by atoms with E-state index in [4.69, 9.17) is 0 Å². The number of amides is 2. The third kappa shape index (κ3) is 4.28. The van der Waals surface area contributed by atoms with Crippen molar-refractivity contribution >= 4 is 17.5 Å². The number of hydrogen-bond donors (Lipinski definition) is 2. The van der Waals surface area contributed by atoms with Gasteiger partial charge in [0.2, 0.25) is 0 Å². The summed E-state index contributed by atoms with van der Waals surface area (Å²) in [4.78, 5) is 25.0. The van der Waals surface area contributed by atoms with Gasteiger partial charge in [-0.05, 0) is 42.3 Å². The molecule has 0 spiro atoms. The molecule has 0 saturated carbocycles. The minimum Gasteiger partial charge on any atom is -0.345 e. The zero-order valence-electron chi connectivity index (χ0n) is 16.0. The number of carbonyl (C=O) groups excluding carboxylic acids is 2. The molecular weight excluding hydrogens is 412 g/mol. The van der Waals surface area contributed by atoms with Gasteiger partial charge in [-0.2, -0.15) is 13.2 Å². The van der Waals surface area contributed by atoms with Gasteiger partial charge in [0.05, 0.1) is 11.6 Å². The molecule has 0 bridgehead atoms. The lowest BCUT2D eigenvalue weighted by Gasteiger charge is -2.17. The van der Waals surface area contributed by atoms with Crippen LogP contribution in [0.3, 0.4) is 0 Å². The Bertz CT molecular complexity index is 1160. The molecule has 0 aliphatic carbocycles. The van der Waals surface area contributed by atoms with Gasteiger partial charge in [-0.1, -0.05) is 36.4 Å². The van der Waals surface area contributed by atoms with E-state index in [1.165, 1.54) is 0 Å². The molecule has 0 fully saturated rings. The number of rotatable bonds is 4. The van der Waals surface area contributed by atoms with E-state index in [1.807, 2.05) is 30.3 Å². The van der Waals surface area contributed by atoms with Gasteiger partial charge in [-0.25, -0.2) is 4.39 Å². The second-order valence-electron chi connectivity index (χ2n) is 7.16. The third-order valence-electron chi connectivity index (χ3n) is 5.02. The molecule has 1 atom stereocenters. The van der Waals surface area contributed by atoms with Gasteiger partial charge in [0.25, 0.3) is 11.8 Å². The topological polar surface area (TPSA) is 58.2 Å². The minimum absolute atomic E-state index is 0.277. The number of carbonyl (C=O) groups is 2. The van der Waals surface area contributed by atoms with Crippen molar-refractivity contribution in [3.8, 4) is 0 Å². The van der Waals surface area contributed by atoms with Crippen LogP contribution < -0.4 is 10.6 Å². The van der Waals surface area contributed by atoms with Crippen molar-refractivity contribution in [1.29, 1.82) is 0 Å². The largest absolute Gasteiger partial charge is 0.416 e. The zero-order chi connectivity index (χ0) is 22.2. The Labute approximate surface area is 174 Å². The smallest absolute Gasteiger partial charge is 0.345 e.